The van der Waals surface area contributed by atoms with Crippen LogP contribution in [0, 0.1) is 0 Å². The molecule has 20 heavy (non-hydrogen) atoms. The number of alkyl halides is 3. The van der Waals surface area contributed by atoms with Crippen LogP contribution in [0.2, 0.25) is 0 Å². The molecule has 2 rings (SSSR count). The van der Waals surface area contributed by atoms with Crippen molar-refractivity contribution >= 4 is 5.91 Å². The van der Waals surface area contributed by atoms with Crippen LogP contribution < -0.4 is 10.5 Å². The number of carbonyl (C=O) groups excluding carboxylic acids is 1. The summed E-state index contributed by atoms with van der Waals surface area (Å²) in [5, 5.41) is 0. The Bertz CT molecular complexity index is 627. The minimum Gasteiger partial charge on any atom is -0.388 e. The first-order chi connectivity index (χ1) is 9.37. The summed E-state index contributed by atoms with van der Waals surface area (Å²) in [7, 11) is 0. The summed E-state index contributed by atoms with van der Waals surface area (Å²) in [5.74, 6) is -1.43. The third-order valence-corrected chi connectivity index (χ3v) is 2.40. The Morgan fingerprint density at radius 1 is 1.10 bits per heavy atom. The number of aromatic nitrogens is 1. The van der Waals surface area contributed by atoms with Gasteiger partial charge < -0.3 is 10.5 Å². The molecule has 104 valence electrons. The van der Waals surface area contributed by atoms with E-state index in [1.54, 1.807) is 30.3 Å². The number of pyridine rings is 1. The summed E-state index contributed by atoms with van der Waals surface area (Å²) >= 11 is 0. The second-order valence-electron chi connectivity index (χ2n) is 3.82. The molecule has 0 aliphatic heterocycles. The predicted molar refractivity (Wildman–Crippen MR) is 64.9 cm³/mol. The number of ether oxygens (including phenoxy) is 1. The number of amides is 1. The number of nitrogens with two attached hydrogens (primary N) is 1. The molecule has 0 bridgehead atoms. The summed E-state index contributed by atoms with van der Waals surface area (Å²) < 4.78 is 40.3. The predicted octanol–water partition coefficient (Wildman–Crippen LogP) is 2.75. The van der Waals surface area contributed by atoms with Gasteiger partial charge in [-0.3, -0.25) is 4.79 Å². The Kier molecular flexibility index (Phi) is 3.60. The molecular formula is C13H9F3N2O2. The van der Waals surface area contributed by atoms with Crippen LogP contribution in [-0.2, 0) is 0 Å². The molecule has 0 fully saturated rings. The molecule has 2 aromatic rings. The van der Waals surface area contributed by atoms with Gasteiger partial charge >= 0.3 is 6.36 Å². The number of benzene rings is 1. The summed E-state index contributed by atoms with van der Waals surface area (Å²) in [6, 6.07) is 10.4. The molecule has 0 unspecified atom stereocenters. The minimum absolute atomic E-state index is 0.0192. The monoisotopic (exact) mass is 282 g/mol. The number of rotatable bonds is 3. The highest BCUT2D eigenvalue weighted by atomic mass is 19.4. The number of hydrogen-bond acceptors (Lipinski definition) is 3. The van der Waals surface area contributed by atoms with Crippen LogP contribution in [0.1, 0.15) is 10.4 Å². The molecule has 0 saturated heterocycles. The lowest BCUT2D eigenvalue weighted by Crippen LogP contribution is -2.19. The summed E-state index contributed by atoms with van der Waals surface area (Å²) in [6.07, 6.45) is -4.85. The Morgan fingerprint density at radius 2 is 1.75 bits per heavy atom. The van der Waals surface area contributed by atoms with Gasteiger partial charge in [0.1, 0.15) is 0 Å². The summed E-state index contributed by atoms with van der Waals surface area (Å²) in [6.45, 7) is 0. The molecule has 1 aromatic heterocycles. The van der Waals surface area contributed by atoms with Crippen molar-refractivity contribution in [2.45, 2.75) is 6.36 Å². The Balaban J connectivity index is 2.51. The molecule has 1 amide bonds. The van der Waals surface area contributed by atoms with Crippen LogP contribution in [0.15, 0.2) is 42.5 Å². The Labute approximate surface area is 112 Å². The van der Waals surface area contributed by atoms with E-state index in [-0.39, 0.29) is 11.3 Å². The molecule has 1 aromatic carbocycles. The van der Waals surface area contributed by atoms with Crippen LogP contribution in [0.5, 0.6) is 5.88 Å². The van der Waals surface area contributed by atoms with Crippen LogP contribution in [-0.4, -0.2) is 17.3 Å². The van der Waals surface area contributed by atoms with Gasteiger partial charge in [-0.25, -0.2) is 4.98 Å². The second kappa shape index (κ2) is 5.20. The molecule has 4 nitrogen and oxygen atoms in total. The quantitative estimate of drug-likeness (QED) is 0.941. The van der Waals surface area contributed by atoms with E-state index in [9.17, 15) is 18.0 Å². The van der Waals surface area contributed by atoms with Crippen LogP contribution in [0.4, 0.5) is 13.2 Å². The first-order valence-corrected chi connectivity index (χ1v) is 5.49. The highest BCUT2D eigenvalue weighted by Crippen LogP contribution is 2.27. The van der Waals surface area contributed by atoms with Gasteiger partial charge in [-0.05, 0) is 6.07 Å². The molecular weight excluding hydrogens is 273 g/mol. The maximum atomic E-state index is 12.2. The van der Waals surface area contributed by atoms with Gasteiger partial charge in [0.2, 0.25) is 5.88 Å². The lowest BCUT2D eigenvalue weighted by atomic mass is 10.1. The standard InChI is InChI=1S/C13H9F3N2O2/c14-13(15,16)20-10-7-6-9(12(17)19)11(18-10)8-4-2-1-3-5-8/h1-7H,(H2,17,19). The zero-order chi connectivity index (χ0) is 14.8. The zero-order valence-electron chi connectivity index (χ0n) is 10.0. The van der Waals surface area contributed by atoms with E-state index in [4.69, 9.17) is 5.73 Å². The van der Waals surface area contributed by atoms with Gasteiger partial charge in [-0.15, -0.1) is 13.2 Å². The van der Waals surface area contributed by atoms with Gasteiger partial charge in [-0.1, -0.05) is 30.3 Å². The van der Waals surface area contributed by atoms with Gasteiger partial charge in [0.25, 0.3) is 5.91 Å². The number of nitrogens with zero attached hydrogens (tertiary/aromatic N) is 1. The first-order valence-electron chi connectivity index (χ1n) is 5.49. The van der Waals surface area contributed by atoms with Crippen molar-refractivity contribution < 1.29 is 22.7 Å². The Morgan fingerprint density at radius 3 is 2.30 bits per heavy atom. The van der Waals surface area contributed by atoms with Crippen molar-refractivity contribution in [2.24, 2.45) is 5.73 Å². The maximum Gasteiger partial charge on any atom is 0.574 e. The fourth-order valence-electron chi connectivity index (χ4n) is 1.63. The summed E-state index contributed by atoms with van der Waals surface area (Å²) in [5.41, 5.74) is 5.71. The van der Waals surface area contributed by atoms with E-state index in [0.29, 0.717) is 5.56 Å². The van der Waals surface area contributed by atoms with Crippen molar-refractivity contribution in [1.82, 2.24) is 4.98 Å². The van der Waals surface area contributed by atoms with E-state index in [1.807, 2.05) is 0 Å². The fraction of sp³-hybridized carbons (Fsp3) is 0.0769. The minimum atomic E-state index is -4.85. The normalized spacial score (nSPS) is 11.2. The molecule has 0 aliphatic carbocycles. The largest absolute Gasteiger partial charge is 0.574 e. The van der Waals surface area contributed by atoms with E-state index in [0.717, 1.165) is 12.1 Å². The van der Waals surface area contributed by atoms with Gasteiger partial charge in [0, 0.05) is 11.6 Å². The molecule has 1 heterocycles. The third kappa shape index (κ3) is 3.25. The number of halogens is 3. The molecule has 0 spiro atoms. The number of hydrogen-bond donors (Lipinski definition) is 1. The van der Waals surface area contributed by atoms with Gasteiger partial charge in [0.15, 0.2) is 0 Å². The lowest BCUT2D eigenvalue weighted by Gasteiger charge is -2.11. The van der Waals surface area contributed by atoms with Crippen molar-refractivity contribution in [1.29, 1.82) is 0 Å². The van der Waals surface area contributed by atoms with Crippen molar-refractivity contribution in [3.63, 3.8) is 0 Å². The lowest BCUT2D eigenvalue weighted by molar-refractivity contribution is -0.276. The van der Waals surface area contributed by atoms with Crippen LogP contribution in [0.25, 0.3) is 11.3 Å². The number of primary amides is 1. The molecule has 0 aliphatic rings. The topological polar surface area (TPSA) is 65.2 Å². The van der Waals surface area contributed by atoms with Crippen LogP contribution >= 0.6 is 0 Å². The molecule has 0 radical (unpaired) electrons. The highest BCUT2D eigenvalue weighted by molar-refractivity contribution is 5.98. The molecule has 7 heteroatoms. The van der Waals surface area contributed by atoms with E-state index in [1.165, 1.54) is 0 Å². The van der Waals surface area contributed by atoms with Gasteiger partial charge in [-0.2, -0.15) is 0 Å². The van der Waals surface area contributed by atoms with Crippen LogP contribution in [0.3, 0.4) is 0 Å². The maximum absolute atomic E-state index is 12.2. The number of carbonyl (C=O) groups is 1. The molecule has 0 atom stereocenters. The molecule has 0 saturated carbocycles. The molecule has 2 N–H and O–H groups in total. The average Bonchev–Trinajstić information content (AvgIpc) is 2.37. The van der Waals surface area contributed by atoms with Crippen molar-refractivity contribution in [2.75, 3.05) is 0 Å². The van der Waals surface area contributed by atoms with Crippen molar-refractivity contribution in [3.05, 3.63) is 48.0 Å². The SMILES string of the molecule is NC(=O)c1ccc(OC(F)(F)F)nc1-c1ccccc1. The highest BCUT2D eigenvalue weighted by Gasteiger charge is 2.32. The first kappa shape index (κ1) is 13.9. The zero-order valence-corrected chi connectivity index (χ0v) is 10.0. The Hall–Kier alpha value is -2.57. The van der Waals surface area contributed by atoms with Gasteiger partial charge in [0.05, 0.1) is 11.3 Å². The average molecular weight is 282 g/mol. The van der Waals surface area contributed by atoms with E-state index >= 15 is 0 Å². The fourth-order valence-corrected chi connectivity index (χ4v) is 1.63. The second-order valence-corrected chi connectivity index (χ2v) is 3.82. The smallest absolute Gasteiger partial charge is 0.388 e. The summed E-state index contributed by atoms with van der Waals surface area (Å²) in [4.78, 5) is 15.0. The van der Waals surface area contributed by atoms with E-state index < -0.39 is 18.1 Å². The van der Waals surface area contributed by atoms with E-state index in [2.05, 4.69) is 9.72 Å². The third-order valence-electron chi connectivity index (χ3n) is 2.40. The van der Waals surface area contributed by atoms with Crippen molar-refractivity contribution in [3.8, 4) is 17.1 Å².